The SMILES string of the molecule is Cc1cc(Cl)ccc1OC1CCN(CC2CCN(C3(C(=O)OC(C)(C)C)CCCCC3)CC2)CC1. The van der Waals surface area contributed by atoms with Crippen molar-refractivity contribution in [1.82, 2.24) is 9.80 Å². The molecule has 2 saturated heterocycles. The molecule has 4 rings (SSSR count). The molecule has 6 heteroatoms. The van der Waals surface area contributed by atoms with E-state index in [9.17, 15) is 4.79 Å². The number of carbonyl (C=O) groups excluding carboxylic acids is 1. The Morgan fingerprint density at radius 3 is 2.29 bits per heavy atom. The largest absolute Gasteiger partial charge is 0.490 e. The van der Waals surface area contributed by atoms with Crippen LogP contribution in [0.15, 0.2) is 18.2 Å². The van der Waals surface area contributed by atoms with Gasteiger partial charge >= 0.3 is 5.97 Å². The van der Waals surface area contributed by atoms with E-state index >= 15 is 0 Å². The second-order valence-corrected chi connectivity index (χ2v) is 12.5. The average molecular weight is 505 g/mol. The molecular formula is C29H45ClN2O3. The van der Waals surface area contributed by atoms with Gasteiger partial charge in [-0.05, 0) is 109 Å². The molecule has 3 aliphatic rings. The molecule has 5 nitrogen and oxygen atoms in total. The molecular weight excluding hydrogens is 460 g/mol. The van der Waals surface area contributed by atoms with E-state index in [0.717, 1.165) is 81.0 Å². The molecule has 2 aliphatic heterocycles. The summed E-state index contributed by atoms with van der Waals surface area (Å²) in [4.78, 5) is 18.5. The van der Waals surface area contributed by atoms with Crippen LogP contribution in [-0.4, -0.2) is 65.7 Å². The number of rotatable bonds is 6. The second-order valence-electron chi connectivity index (χ2n) is 12.1. The van der Waals surface area contributed by atoms with Crippen molar-refractivity contribution in [2.75, 3.05) is 32.7 Å². The molecule has 0 amide bonds. The first-order valence-electron chi connectivity index (χ1n) is 13.8. The van der Waals surface area contributed by atoms with Gasteiger partial charge in [0.1, 0.15) is 23.0 Å². The van der Waals surface area contributed by atoms with Crippen LogP contribution in [0.25, 0.3) is 0 Å². The number of hydrogen-bond acceptors (Lipinski definition) is 5. The molecule has 1 aromatic carbocycles. The summed E-state index contributed by atoms with van der Waals surface area (Å²) in [7, 11) is 0. The maximum absolute atomic E-state index is 13.3. The molecule has 0 radical (unpaired) electrons. The average Bonchev–Trinajstić information content (AvgIpc) is 2.82. The lowest BCUT2D eigenvalue weighted by atomic mass is 9.78. The van der Waals surface area contributed by atoms with Crippen molar-refractivity contribution in [3.05, 3.63) is 28.8 Å². The maximum atomic E-state index is 13.3. The Kier molecular flexibility index (Phi) is 8.71. The molecule has 3 fully saturated rings. The number of carbonyl (C=O) groups is 1. The van der Waals surface area contributed by atoms with Crippen molar-refractivity contribution in [1.29, 1.82) is 0 Å². The zero-order valence-corrected chi connectivity index (χ0v) is 23.0. The molecule has 2 heterocycles. The fourth-order valence-electron chi connectivity index (χ4n) is 6.20. The number of hydrogen-bond donors (Lipinski definition) is 0. The molecule has 1 aliphatic carbocycles. The van der Waals surface area contributed by atoms with E-state index in [-0.39, 0.29) is 12.1 Å². The third kappa shape index (κ3) is 6.93. The highest BCUT2D eigenvalue weighted by Gasteiger charge is 2.48. The van der Waals surface area contributed by atoms with Crippen molar-refractivity contribution in [3.8, 4) is 5.75 Å². The Balaban J connectivity index is 1.25. The highest BCUT2D eigenvalue weighted by Crippen LogP contribution is 2.38. The number of halogens is 1. The summed E-state index contributed by atoms with van der Waals surface area (Å²) in [5.41, 5.74) is 0.280. The summed E-state index contributed by atoms with van der Waals surface area (Å²) in [6.45, 7) is 13.4. The molecule has 196 valence electrons. The van der Waals surface area contributed by atoms with E-state index in [2.05, 4.69) is 16.7 Å². The van der Waals surface area contributed by atoms with Crippen molar-refractivity contribution in [2.24, 2.45) is 5.92 Å². The smallest absolute Gasteiger partial charge is 0.327 e. The summed E-state index contributed by atoms with van der Waals surface area (Å²) >= 11 is 6.08. The van der Waals surface area contributed by atoms with Crippen LogP contribution in [0.5, 0.6) is 5.75 Å². The molecule has 0 aromatic heterocycles. The van der Waals surface area contributed by atoms with Crippen LogP contribution in [0, 0.1) is 12.8 Å². The van der Waals surface area contributed by atoms with Gasteiger partial charge in [-0.15, -0.1) is 0 Å². The summed E-state index contributed by atoms with van der Waals surface area (Å²) in [6.07, 6.45) is 10.2. The standard InChI is InChI=1S/C29H45ClN2O3/c1-22-20-24(30)8-9-26(22)34-25-12-16-31(17-13-25)21-23-10-18-32(19-11-23)29(14-6-5-7-15-29)27(33)35-28(2,3)4/h8-9,20,23,25H,5-7,10-19,21H2,1-4H3. The summed E-state index contributed by atoms with van der Waals surface area (Å²) in [5, 5.41) is 0.760. The normalized spacial score (nSPS) is 23.2. The lowest BCUT2D eigenvalue weighted by Crippen LogP contribution is -2.60. The zero-order valence-electron chi connectivity index (χ0n) is 22.3. The van der Waals surface area contributed by atoms with Crippen LogP contribution in [0.4, 0.5) is 0 Å². The third-order valence-electron chi connectivity index (χ3n) is 8.16. The van der Waals surface area contributed by atoms with Gasteiger partial charge in [0, 0.05) is 24.7 Å². The van der Waals surface area contributed by atoms with E-state index in [4.69, 9.17) is 21.1 Å². The molecule has 0 spiro atoms. The Morgan fingerprint density at radius 1 is 1.03 bits per heavy atom. The van der Waals surface area contributed by atoms with Gasteiger partial charge in [-0.3, -0.25) is 9.69 Å². The molecule has 1 saturated carbocycles. The lowest BCUT2D eigenvalue weighted by molar-refractivity contribution is -0.174. The van der Waals surface area contributed by atoms with Gasteiger partial charge in [0.05, 0.1) is 0 Å². The van der Waals surface area contributed by atoms with Crippen molar-refractivity contribution >= 4 is 17.6 Å². The number of ether oxygens (including phenoxy) is 2. The van der Waals surface area contributed by atoms with Gasteiger partial charge in [0.25, 0.3) is 0 Å². The minimum Gasteiger partial charge on any atom is -0.490 e. The van der Waals surface area contributed by atoms with E-state index in [1.54, 1.807) is 0 Å². The van der Waals surface area contributed by atoms with Gasteiger partial charge < -0.3 is 14.4 Å². The monoisotopic (exact) mass is 504 g/mol. The van der Waals surface area contributed by atoms with Gasteiger partial charge in [0.15, 0.2) is 0 Å². The number of nitrogens with zero attached hydrogens (tertiary/aromatic N) is 2. The fraction of sp³-hybridized carbons (Fsp3) is 0.759. The predicted molar refractivity (Wildman–Crippen MR) is 142 cm³/mol. The van der Waals surface area contributed by atoms with Crippen LogP contribution in [0.2, 0.25) is 5.02 Å². The van der Waals surface area contributed by atoms with Gasteiger partial charge in [-0.2, -0.15) is 0 Å². The van der Waals surface area contributed by atoms with Gasteiger partial charge in [0.2, 0.25) is 0 Å². The summed E-state index contributed by atoms with van der Waals surface area (Å²) in [6, 6.07) is 5.87. The number of aryl methyl sites for hydroxylation is 1. The first-order chi connectivity index (χ1) is 16.6. The van der Waals surface area contributed by atoms with E-state index < -0.39 is 11.1 Å². The molecule has 0 bridgehead atoms. The molecule has 0 unspecified atom stereocenters. The number of benzene rings is 1. The van der Waals surface area contributed by atoms with E-state index in [1.165, 1.54) is 25.8 Å². The third-order valence-corrected chi connectivity index (χ3v) is 8.40. The van der Waals surface area contributed by atoms with Gasteiger partial charge in [-0.25, -0.2) is 0 Å². The molecule has 1 aromatic rings. The highest BCUT2D eigenvalue weighted by atomic mass is 35.5. The minimum atomic E-state index is -0.429. The first-order valence-corrected chi connectivity index (χ1v) is 14.2. The van der Waals surface area contributed by atoms with Crippen molar-refractivity contribution < 1.29 is 14.3 Å². The van der Waals surface area contributed by atoms with Crippen LogP contribution in [0.1, 0.15) is 84.1 Å². The second kappa shape index (κ2) is 11.4. The zero-order chi connectivity index (χ0) is 25.1. The summed E-state index contributed by atoms with van der Waals surface area (Å²) < 4.78 is 12.2. The molecule has 0 atom stereocenters. The van der Waals surface area contributed by atoms with E-state index in [0.29, 0.717) is 5.92 Å². The number of piperidine rings is 2. The highest BCUT2D eigenvalue weighted by molar-refractivity contribution is 6.30. The van der Waals surface area contributed by atoms with Crippen molar-refractivity contribution in [3.63, 3.8) is 0 Å². The number of esters is 1. The van der Waals surface area contributed by atoms with Gasteiger partial charge in [-0.1, -0.05) is 30.9 Å². The van der Waals surface area contributed by atoms with Crippen molar-refractivity contribution in [2.45, 2.75) is 103 Å². The topological polar surface area (TPSA) is 42.0 Å². The Labute approximate surface area is 217 Å². The summed E-state index contributed by atoms with van der Waals surface area (Å²) in [5.74, 6) is 1.68. The number of likely N-dealkylation sites (tertiary alicyclic amines) is 2. The Bertz CT molecular complexity index is 846. The van der Waals surface area contributed by atoms with E-state index in [1.807, 2.05) is 39.0 Å². The quantitative estimate of drug-likeness (QED) is 0.428. The molecule has 35 heavy (non-hydrogen) atoms. The molecule has 0 N–H and O–H groups in total. The van der Waals surface area contributed by atoms with Crippen LogP contribution >= 0.6 is 11.6 Å². The predicted octanol–water partition coefficient (Wildman–Crippen LogP) is 6.25. The van der Waals surface area contributed by atoms with Crippen LogP contribution < -0.4 is 4.74 Å². The minimum absolute atomic E-state index is 0.0150. The maximum Gasteiger partial charge on any atom is 0.327 e. The Morgan fingerprint density at radius 2 is 1.69 bits per heavy atom. The van der Waals surface area contributed by atoms with Crippen LogP contribution in [0.3, 0.4) is 0 Å². The Hall–Kier alpha value is -1.30. The lowest BCUT2D eigenvalue weighted by Gasteiger charge is -2.48. The fourth-order valence-corrected chi connectivity index (χ4v) is 6.43. The van der Waals surface area contributed by atoms with Crippen LogP contribution in [-0.2, 0) is 9.53 Å². The first kappa shape index (κ1) is 26.8.